The first-order valence-corrected chi connectivity index (χ1v) is 13.9. The minimum absolute atomic E-state index is 0.157. The van der Waals surface area contributed by atoms with E-state index in [0.29, 0.717) is 13.2 Å². The summed E-state index contributed by atoms with van der Waals surface area (Å²) in [6.07, 6.45) is 0.201. The molecule has 0 bridgehead atoms. The van der Waals surface area contributed by atoms with Crippen molar-refractivity contribution in [2.75, 3.05) is 26.9 Å². The van der Waals surface area contributed by atoms with Gasteiger partial charge in [-0.1, -0.05) is 81.4 Å². The first-order chi connectivity index (χ1) is 19.5. The van der Waals surface area contributed by atoms with Gasteiger partial charge in [-0.2, -0.15) is 0 Å². The summed E-state index contributed by atoms with van der Waals surface area (Å²) in [7, 11) is 1.56. The van der Waals surface area contributed by atoms with E-state index in [0.717, 1.165) is 11.1 Å². The Labute approximate surface area is 241 Å². The average molecular weight is 568 g/mol. The summed E-state index contributed by atoms with van der Waals surface area (Å²) < 4.78 is 15.6. The Kier molecular flexibility index (Phi) is 11.2. The predicted molar refractivity (Wildman–Crippen MR) is 152 cm³/mol. The lowest BCUT2D eigenvalue weighted by atomic mass is 9.62. The Bertz CT molecular complexity index is 1180. The molecule has 9 nitrogen and oxygen atoms in total. The van der Waals surface area contributed by atoms with Crippen molar-refractivity contribution in [1.29, 1.82) is 0 Å². The molecule has 1 fully saturated rings. The summed E-state index contributed by atoms with van der Waals surface area (Å²) in [4.78, 5) is 53.3. The zero-order valence-corrected chi connectivity index (χ0v) is 24.4. The number of amides is 1. The number of hydrogen-bond acceptors (Lipinski definition) is 7. The van der Waals surface area contributed by atoms with Crippen molar-refractivity contribution in [2.45, 2.75) is 51.5 Å². The molecule has 2 aromatic carbocycles. The number of esters is 2. The molecule has 0 aromatic heterocycles. The SMILES string of the molecule is COCCOCC(C)NC(=O)C(C(C(=O)O)C1C(=O)OC(=O)C1CC(C)c1ccccc1)C(C)(C)c1ccccc1. The van der Waals surface area contributed by atoms with Crippen molar-refractivity contribution < 1.29 is 38.5 Å². The fourth-order valence-corrected chi connectivity index (χ4v) is 5.76. The summed E-state index contributed by atoms with van der Waals surface area (Å²) in [5.74, 6) is -8.82. The molecule has 1 heterocycles. The van der Waals surface area contributed by atoms with Crippen LogP contribution in [0.2, 0.25) is 0 Å². The lowest BCUT2D eigenvalue weighted by molar-refractivity contribution is -0.160. The molecule has 1 aliphatic rings. The topological polar surface area (TPSA) is 128 Å². The van der Waals surface area contributed by atoms with E-state index in [1.165, 1.54) is 0 Å². The number of rotatable bonds is 15. The molecule has 2 aromatic rings. The van der Waals surface area contributed by atoms with Gasteiger partial charge in [0.25, 0.3) is 0 Å². The normalized spacial score (nSPS) is 20.1. The molecule has 0 spiro atoms. The summed E-state index contributed by atoms with van der Waals surface area (Å²) in [6.45, 7) is 8.16. The molecule has 6 unspecified atom stereocenters. The van der Waals surface area contributed by atoms with Gasteiger partial charge in [0.1, 0.15) is 0 Å². The molecule has 9 heteroatoms. The fourth-order valence-electron chi connectivity index (χ4n) is 5.76. The van der Waals surface area contributed by atoms with E-state index in [9.17, 15) is 24.3 Å². The van der Waals surface area contributed by atoms with Crippen LogP contribution in [0.3, 0.4) is 0 Å². The number of ether oxygens (including phenoxy) is 3. The standard InChI is InChI=1S/C32H41NO8/c1-20(22-12-8-6-9-13-22)18-24-25(31(38)41-30(24)37)26(29(35)36)27(32(3,4)23-14-10-7-11-15-23)28(34)33-21(2)19-40-17-16-39-5/h6-15,20-21,24-27H,16-19H2,1-5H3,(H,33,34)(H,35,36). The maximum absolute atomic E-state index is 14.0. The quantitative estimate of drug-likeness (QED) is 0.188. The molecule has 0 aliphatic carbocycles. The third-order valence-corrected chi connectivity index (χ3v) is 7.98. The molecule has 6 atom stereocenters. The van der Waals surface area contributed by atoms with Gasteiger partial charge in [-0.25, -0.2) is 0 Å². The Morgan fingerprint density at radius 1 is 0.976 bits per heavy atom. The maximum atomic E-state index is 14.0. The second-order valence-corrected chi connectivity index (χ2v) is 11.3. The second-order valence-electron chi connectivity index (χ2n) is 11.3. The minimum atomic E-state index is -1.53. The van der Waals surface area contributed by atoms with Crippen LogP contribution in [0.25, 0.3) is 0 Å². The first kappa shape index (κ1) is 32.0. The smallest absolute Gasteiger partial charge is 0.318 e. The molecule has 3 rings (SSSR count). The predicted octanol–water partition coefficient (Wildman–Crippen LogP) is 3.96. The van der Waals surface area contributed by atoms with Gasteiger partial charge in [0.2, 0.25) is 5.91 Å². The zero-order valence-electron chi connectivity index (χ0n) is 24.4. The number of nitrogens with one attached hydrogen (secondary N) is 1. The number of hydrogen-bond donors (Lipinski definition) is 2. The number of methoxy groups -OCH3 is 1. The minimum Gasteiger partial charge on any atom is -0.481 e. The van der Waals surface area contributed by atoms with Crippen LogP contribution >= 0.6 is 0 Å². The van der Waals surface area contributed by atoms with Gasteiger partial charge in [0, 0.05) is 18.6 Å². The van der Waals surface area contributed by atoms with Gasteiger partial charge in [0.15, 0.2) is 0 Å². The number of cyclic esters (lactones) is 2. The molecule has 0 radical (unpaired) electrons. The van der Waals surface area contributed by atoms with E-state index < -0.39 is 58.9 Å². The molecular formula is C32H41NO8. The van der Waals surface area contributed by atoms with Crippen LogP contribution in [0.5, 0.6) is 0 Å². The van der Waals surface area contributed by atoms with Crippen molar-refractivity contribution in [1.82, 2.24) is 5.32 Å². The lowest BCUT2D eigenvalue weighted by Gasteiger charge is -2.40. The van der Waals surface area contributed by atoms with E-state index in [-0.39, 0.29) is 18.9 Å². The van der Waals surface area contributed by atoms with Gasteiger partial charge in [-0.05, 0) is 30.4 Å². The van der Waals surface area contributed by atoms with E-state index in [1.54, 1.807) is 27.9 Å². The third kappa shape index (κ3) is 7.80. The fraction of sp³-hybridized carbons (Fsp3) is 0.500. The van der Waals surface area contributed by atoms with E-state index in [2.05, 4.69) is 5.32 Å². The van der Waals surface area contributed by atoms with Gasteiger partial charge in [-0.15, -0.1) is 0 Å². The summed E-state index contributed by atoms with van der Waals surface area (Å²) in [6, 6.07) is 18.1. The molecule has 1 saturated heterocycles. The number of carboxylic acid groups (broad SMARTS) is 1. The van der Waals surface area contributed by atoms with Crippen LogP contribution in [0, 0.1) is 23.7 Å². The Balaban J connectivity index is 2.01. The van der Waals surface area contributed by atoms with Crippen LogP contribution in [0.15, 0.2) is 60.7 Å². The Hall–Kier alpha value is -3.56. The zero-order chi connectivity index (χ0) is 30.2. The first-order valence-electron chi connectivity index (χ1n) is 13.9. The van der Waals surface area contributed by atoms with E-state index >= 15 is 0 Å². The Morgan fingerprint density at radius 2 is 1.59 bits per heavy atom. The van der Waals surface area contributed by atoms with Crippen LogP contribution in [0.1, 0.15) is 51.2 Å². The highest BCUT2D eigenvalue weighted by Gasteiger charge is 2.57. The average Bonchev–Trinajstić information content (AvgIpc) is 3.21. The van der Waals surface area contributed by atoms with Crippen molar-refractivity contribution in [2.24, 2.45) is 23.7 Å². The highest BCUT2D eigenvalue weighted by atomic mass is 16.6. The largest absolute Gasteiger partial charge is 0.481 e. The van der Waals surface area contributed by atoms with Gasteiger partial charge in [0.05, 0.1) is 43.5 Å². The number of aliphatic carboxylic acids is 1. The van der Waals surface area contributed by atoms with E-state index in [4.69, 9.17) is 14.2 Å². The van der Waals surface area contributed by atoms with Crippen molar-refractivity contribution >= 4 is 23.8 Å². The number of carboxylic acids is 1. The Morgan fingerprint density at radius 3 is 2.17 bits per heavy atom. The number of carbonyl (C=O) groups is 4. The summed E-state index contributed by atoms with van der Waals surface area (Å²) >= 11 is 0. The van der Waals surface area contributed by atoms with Gasteiger partial charge < -0.3 is 24.6 Å². The molecule has 1 amide bonds. The maximum Gasteiger partial charge on any atom is 0.318 e. The lowest BCUT2D eigenvalue weighted by Crippen LogP contribution is -2.53. The van der Waals surface area contributed by atoms with Crippen molar-refractivity contribution in [3.63, 3.8) is 0 Å². The molecule has 222 valence electrons. The summed E-state index contributed by atoms with van der Waals surface area (Å²) in [5.41, 5.74) is 0.640. The highest BCUT2D eigenvalue weighted by Crippen LogP contribution is 2.46. The van der Waals surface area contributed by atoms with Gasteiger partial charge >= 0.3 is 17.9 Å². The highest BCUT2D eigenvalue weighted by molar-refractivity contribution is 6.00. The van der Waals surface area contributed by atoms with Crippen LogP contribution < -0.4 is 5.32 Å². The third-order valence-electron chi connectivity index (χ3n) is 7.98. The second kappa shape index (κ2) is 14.4. The molecule has 1 aliphatic heterocycles. The van der Waals surface area contributed by atoms with Crippen LogP contribution in [0.4, 0.5) is 0 Å². The van der Waals surface area contributed by atoms with Crippen molar-refractivity contribution in [3.8, 4) is 0 Å². The van der Waals surface area contributed by atoms with Crippen LogP contribution in [-0.4, -0.2) is 61.9 Å². The number of benzene rings is 2. The van der Waals surface area contributed by atoms with Crippen LogP contribution in [-0.2, 0) is 38.8 Å². The molecule has 2 N–H and O–H groups in total. The number of carbonyl (C=O) groups excluding carboxylic acids is 3. The monoisotopic (exact) mass is 567 g/mol. The van der Waals surface area contributed by atoms with E-state index in [1.807, 2.05) is 67.6 Å². The van der Waals surface area contributed by atoms with Gasteiger partial charge in [-0.3, -0.25) is 19.2 Å². The molecule has 41 heavy (non-hydrogen) atoms. The van der Waals surface area contributed by atoms with Crippen molar-refractivity contribution in [3.05, 3.63) is 71.8 Å². The molecule has 0 saturated carbocycles. The summed E-state index contributed by atoms with van der Waals surface area (Å²) in [5, 5.41) is 13.5. The molecular weight excluding hydrogens is 526 g/mol.